The van der Waals surface area contributed by atoms with Gasteiger partial charge in [-0.05, 0) is 11.7 Å². The van der Waals surface area contributed by atoms with Crippen LogP contribution < -0.4 is 5.84 Å². The minimum absolute atomic E-state index is 0.549. The lowest BCUT2D eigenvalue weighted by molar-refractivity contribution is 0.173. The van der Waals surface area contributed by atoms with E-state index in [1.807, 2.05) is 5.01 Å². The second kappa shape index (κ2) is 2.24. The summed E-state index contributed by atoms with van der Waals surface area (Å²) < 4.78 is 0. The Morgan fingerprint density at radius 1 is 1.40 bits per heavy atom. The first kappa shape index (κ1) is 6.68. The second-order valence-electron chi connectivity index (χ2n) is 3.68. The Morgan fingerprint density at radius 2 is 2.20 bits per heavy atom. The molecule has 0 aliphatic carbocycles. The lowest BCUT2D eigenvalue weighted by atomic mass is 9.36. The van der Waals surface area contributed by atoms with Crippen molar-refractivity contribution in [3.05, 3.63) is 0 Å². The van der Waals surface area contributed by atoms with Crippen LogP contribution in [0.25, 0.3) is 0 Å². The summed E-state index contributed by atoms with van der Waals surface area (Å²) >= 11 is 0. The molecule has 55 valence electrons. The van der Waals surface area contributed by atoms with Crippen LogP contribution in [0.5, 0.6) is 0 Å². The fourth-order valence-corrected chi connectivity index (χ4v) is 2.12. The van der Waals surface area contributed by atoms with Gasteiger partial charge in [0.15, 0.2) is 0 Å². The molecule has 0 bridgehead atoms. The summed E-state index contributed by atoms with van der Waals surface area (Å²) in [7, 11) is 2.45. The fourth-order valence-electron chi connectivity index (χ4n) is 2.12. The first-order valence-electron chi connectivity index (χ1n) is 4.15. The third-order valence-corrected chi connectivity index (χ3v) is 2.86. The average molecular weight is 137 g/mol. The van der Waals surface area contributed by atoms with Crippen molar-refractivity contribution in [1.29, 1.82) is 0 Å². The standard InChI is InChI=1S/C7H14BN2/c9-10-5-1-2-7(6-10)3-4-8-7/h1-6,9H2. The Balaban J connectivity index is 1.96. The monoisotopic (exact) mass is 137 g/mol. The van der Waals surface area contributed by atoms with Crippen LogP contribution in [0.4, 0.5) is 0 Å². The molecule has 2 aliphatic heterocycles. The second-order valence-corrected chi connectivity index (χ2v) is 3.68. The Kier molecular flexibility index (Phi) is 1.50. The smallest absolute Gasteiger partial charge is 0.119 e. The maximum atomic E-state index is 5.73. The molecule has 1 radical (unpaired) electrons. The van der Waals surface area contributed by atoms with Crippen LogP contribution in [-0.2, 0) is 0 Å². The number of hydrogen-bond acceptors (Lipinski definition) is 2. The summed E-state index contributed by atoms with van der Waals surface area (Å²) in [5, 5.41) is 2.52. The van der Waals surface area contributed by atoms with Crippen molar-refractivity contribution in [1.82, 2.24) is 5.01 Å². The Bertz CT molecular complexity index is 134. The van der Waals surface area contributed by atoms with E-state index in [4.69, 9.17) is 5.84 Å². The topological polar surface area (TPSA) is 29.3 Å². The first-order valence-corrected chi connectivity index (χ1v) is 4.15. The molecule has 3 heteroatoms. The summed E-state index contributed by atoms with van der Waals surface area (Å²) in [5.41, 5.74) is 0. The highest BCUT2D eigenvalue weighted by Crippen LogP contribution is 2.48. The number of nitrogens with zero attached hydrogens (tertiary/aromatic N) is 1. The van der Waals surface area contributed by atoms with Crippen molar-refractivity contribution in [3.8, 4) is 0 Å². The van der Waals surface area contributed by atoms with Gasteiger partial charge in [0, 0.05) is 13.1 Å². The molecule has 0 aromatic carbocycles. The van der Waals surface area contributed by atoms with Gasteiger partial charge >= 0.3 is 0 Å². The highest BCUT2D eigenvalue weighted by molar-refractivity contribution is 6.44. The molecule has 2 N–H and O–H groups in total. The van der Waals surface area contributed by atoms with E-state index in [9.17, 15) is 0 Å². The molecule has 2 heterocycles. The predicted octanol–water partition coefficient (Wildman–Crippen LogP) is 0.641. The zero-order valence-corrected chi connectivity index (χ0v) is 6.34. The molecule has 2 fully saturated rings. The fraction of sp³-hybridized carbons (Fsp3) is 1.00. The van der Waals surface area contributed by atoms with E-state index in [-0.39, 0.29) is 0 Å². The zero-order chi connectivity index (χ0) is 7.03. The van der Waals surface area contributed by atoms with Gasteiger partial charge in [0.1, 0.15) is 7.28 Å². The van der Waals surface area contributed by atoms with Crippen LogP contribution in [0.2, 0.25) is 11.6 Å². The number of rotatable bonds is 0. The van der Waals surface area contributed by atoms with E-state index >= 15 is 0 Å². The summed E-state index contributed by atoms with van der Waals surface area (Å²) in [5.74, 6) is 5.73. The highest BCUT2D eigenvalue weighted by atomic mass is 15.4. The summed E-state index contributed by atoms with van der Waals surface area (Å²) in [4.78, 5) is 0. The number of nitrogens with two attached hydrogens (primary N) is 1. The van der Waals surface area contributed by atoms with Gasteiger partial charge in [-0.15, -0.1) is 0 Å². The van der Waals surface area contributed by atoms with Crippen molar-refractivity contribution in [3.63, 3.8) is 0 Å². The lowest BCUT2D eigenvalue weighted by Gasteiger charge is -2.47. The minimum Gasteiger partial charge on any atom is -0.269 e. The van der Waals surface area contributed by atoms with E-state index in [0.717, 1.165) is 13.1 Å². The predicted molar refractivity (Wildman–Crippen MR) is 42.9 cm³/mol. The molecular weight excluding hydrogens is 123 g/mol. The average Bonchev–Trinajstić information content (AvgIpc) is 1.85. The molecule has 2 saturated heterocycles. The molecule has 2 nitrogen and oxygen atoms in total. The SMILES string of the molecule is NN1CCCC2([B]CC2)C1. The molecule has 2 rings (SSSR count). The third kappa shape index (κ3) is 0.975. The van der Waals surface area contributed by atoms with E-state index in [2.05, 4.69) is 7.28 Å². The zero-order valence-electron chi connectivity index (χ0n) is 6.34. The van der Waals surface area contributed by atoms with E-state index in [1.165, 1.54) is 25.6 Å². The van der Waals surface area contributed by atoms with Crippen LogP contribution >= 0.6 is 0 Å². The molecule has 1 atom stereocenters. The highest BCUT2D eigenvalue weighted by Gasteiger charge is 2.40. The van der Waals surface area contributed by atoms with Gasteiger partial charge in [0.2, 0.25) is 0 Å². The van der Waals surface area contributed by atoms with Crippen molar-refractivity contribution >= 4 is 7.28 Å². The molecule has 0 aromatic rings. The molecule has 2 aliphatic rings. The third-order valence-electron chi connectivity index (χ3n) is 2.86. The quantitative estimate of drug-likeness (QED) is 0.392. The molecule has 1 unspecified atom stereocenters. The van der Waals surface area contributed by atoms with Gasteiger partial charge in [-0.3, -0.25) is 5.84 Å². The van der Waals surface area contributed by atoms with Crippen LogP contribution in [-0.4, -0.2) is 25.4 Å². The van der Waals surface area contributed by atoms with Crippen LogP contribution in [0.3, 0.4) is 0 Å². The van der Waals surface area contributed by atoms with Crippen LogP contribution in [0.1, 0.15) is 19.3 Å². The number of hydrazine groups is 1. The molecular formula is C7H14BN2. The van der Waals surface area contributed by atoms with E-state index in [1.54, 1.807) is 0 Å². The van der Waals surface area contributed by atoms with E-state index < -0.39 is 0 Å². The molecule has 0 saturated carbocycles. The van der Waals surface area contributed by atoms with Gasteiger partial charge < -0.3 is 0 Å². The van der Waals surface area contributed by atoms with Gasteiger partial charge in [0.25, 0.3) is 0 Å². The maximum Gasteiger partial charge on any atom is 0.119 e. The Hall–Kier alpha value is -0.0151. The van der Waals surface area contributed by atoms with Crippen LogP contribution in [0, 0.1) is 0 Å². The van der Waals surface area contributed by atoms with Gasteiger partial charge in [0.05, 0.1) is 0 Å². The Labute approximate surface area is 63.0 Å². The first-order chi connectivity index (χ1) is 4.81. The molecule has 0 aromatic heterocycles. The van der Waals surface area contributed by atoms with Crippen molar-refractivity contribution < 1.29 is 0 Å². The number of hydrogen-bond donors (Lipinski definition) is 1. The van der Waals surface area contributed by atoms with Gasteiger partial charge in [-0.2, -0.15) is 0 Å². The summed E-state index contributed by atoms with van der Waals surface area (Å²) in [6.45, 7) is 2.20. The summed E-state index contributed by atoms with van der Waals surface area (Å²) in [6, 6.07) is 0. The minimum atomic E-state index is 0.549. The molecule has 10 heavy (non-hydrogen) atoms. The maximum absolute atomic E-state index is 5.73. The van der Waals surface area contributed by atoms with Crippen molar-refractivity contribution in [2.45, 2.75) is 30.9 Å². The van der Waals surface area contributed by atoms with Crippen LogP contribution in [0.15, 0.2) is 0 Å². The molecule has 1 spiro atoms. The normalized spacial score (nSPS) is 40.9. The van der Waals surface area contributed by atoms with E-state index in [0.29, 0.717) is 5.31 Å². The van der Waals surface area contributed by atoms with Crippen molar-refractivity contribution in [2.24, 2.45) is 5.84 Å². The van der Waals surface area contributed by atoms with Gasteiger partial charge in [-0.1, -0.05) is 19.2 Å². The largest absolute Gasteiger partial charge is 0.269 e. The van der Waals surface area contributed by atoms with Gasteiger partial charge in [-0.25, -0.2) is 5.01 Å². The molecule has 0 amide bonds. The lowest BCUT2D eigenvalue weighted by Crippen LogP contribution is -2.49. The van der Waals surface area contributed by atoms with Crippen molar-refractivity contribution in [2.75, 3.05) is 13.1 Å². The Morgan fingerprint density at radius 3 is 2.60 bits per heavy atom. The summed E-state index contributed by atoms with van der Waals surface area (Å²) in [6.07, 6.45) is 5.35. The number of piperidine rings is 1.